The van der Waals surface area contributed by atoms with Gasteiger partial charge in [-0.05, 0) is 54.1 Å². The van der Waals surface area contributed by atoms with Gasteiger partial charge < -0.3 is 15.1 Å². The molecule has 5 heteroatoms. The summed E-state index contributed by atoms with van der Waals surface area (Å²) in [6, 6.07) is 0. The molecule has 0 amide bonds. The minimum absolute atomic E-state index is 0.304. The van der Waals surface area contributed by atoms with Gasteiger partial charge in [-0.3, -0.25) is 0 Å². The lowest BCUT2D eigenvalue weighted by atomic mass is 9.75. The van der Waals surface area contributed by atoms with Crippen LogP contribution in [0.15, 0.2) is 0 Å². The van der Waals surface area contributed by atoms with Crippen LogP contribution in [0.5, 0.6) is 0 Å². The first-order valence-electron chi connectivity index (χ1n) is 7.87. The minimum atomic E-state index is 0.304. The molecule has 1 saturated carbocycles. The van der Waals surface area contributed by atoms with Crippen LogP contribution < -0.4 is 10.2 Å². The first-order valence-corrected chi connectivity index (χ1v) is 7.87. The van der Waals surface area contributed by atoms with E-state index in [0.717, 1.165) is 36.1 Å². The molecule has 2 rings (SSSR count). The van der Waals surface area contributed by atoms with Crippen LogP contribution in [0.4, 0.5) is 11.6 Å². The third-order valence-corrected chi connectivity index (χ3v) is 4.70. The van der Waals surface area contributed by atoms with Gasteiger partial charge in [-0.25, -0.2) is 9.97 Å². The molecule has 1 aromatic heterocycles. The number of aryl methyl sites for hydroxylation is 1. The van der Waals surface area contributed by atoms with Crippen LogP contribution in [0.3, 0.4) is 0 Å². The summed E-state index contributed by atoms with van der Waals surface area (Å²) in [5, 5.41) is 3.34. The Morgan fingerprint density at radius 3 is 2.29 bits per heavy atom. The van der Waals surface area contributed by atoms with Crippen LogP contribution >= 0.6 is 0 Å². The van der Waals surface area contributed by atoms with Crippen molar-refractivity contribution >= 4 is 11.6 Å². The van der Waals surface area contributed by atoms with Gasteiger partial charge in [-0.1, -0.05) is 0 Å². The molecule has 0 unspecified atom stereocenters. The van der Waals surface area contributed by atoms with Gasteiger partial charge in [0.2, 0.25) is 0 Å². The van der Waals surface area contributed by atoms with Gasteiger partial charge in [-0.2, -0.15) is 0 Å². The summed E-state index contributed by atoms with van der Waals surface area (Å²) < 4.78 is 0. The molecule has 1 fully saturated rings. The fourth-order valence-corrected chi connectivity index (χ4v) is 3.17. The third-order valence-electron chi connectivity index (χ3n) is 4.70. The standard InChI is InChI=1S/C16H29N5/c1-7-17-14-12(2)15(19-13(3)18-14)21(6)11-16(20(4)5)9-8-10-16/h7-11H2,1-6H3,(H,17,18,19). The molecule has 1 heterocycles. The van der Waals surface area contributed by atoms with Gasteiger partial charge in [0.1, 0.15) is 17.5 Å². The summed E-state index contributed by atoms with van der Waals surface area (Å²) in [6.07, 6.45) is 3.87. The van der Waals surface area contributed by atoms with Crippen molar-refractivity contribution < 1.29 is 0 Å². The molecule has 0 radical (unpaired) electrons. The zero-order chi connectivity index (χ0) is 15.6. The SMILES string of the molecule is CCNc1nc(C)nc(N(C)CC2(N(C)C)CCC2)c1C. The highest BCUT2D eigenvalue weighted by Gasteiger charge is 2.40. The molecule has 0 aliphatic heterocycles. The van der Waals surface area contributed by atoms with Crippen LogP contribution in [-0.4, -0.2) is 54.6 Å². The molecule has 1 aliphatic carbocycles. The van der Waals surface area contributed by atoms with Crippen LogP contribution in [0.2, 0.25) is 0 Å². The van der Waals surface area contributed by atoms with Gasteiger partial charge in [0.15, 0.2) is 0 Å². The van der Waals surface area contributed by atoms with E-state index in [1.165, 1.54) is 19.3 Å². The summed E-state index contributed by atoms with van der Waals surface area (Å²) in [7, 11) is 6.53. The Morgan fingerprint density at radius 1 is 1.14 bits per heavy atom. The van der Waals surface area contributed by atoms with Crippen LogP contribution in [0, 0.1) is 13.8 Å². The maximum atomic E-state index is 4.67. The van der Waals surface area contributed by atoms with E-state index in [4.69, 9.17) is 0 Å². The second kappa shape index (κ2) is 6.18. The maximum absolute atomic E-state index is 4.67. The summed E-state index contributed by atoms with van der Waals surface area (Å²) in [5.74, 6) is 2.83. The van der Waals surface area contributed by atoms with Gasteiger partial charge >= 0.3 is 0 Å². The van der Waals surface area contributed by atoms with Gasteiger partial charge in [0.25, 0.3) is 0 Å². The van der Waals surface area contributed by atoms with Crippen molar-refractivity contribution in [3.63, 3.8) is 0 Å². The smallest absolute Gasteiger partial charge is 0.137 e. The zero-order valence-electron chi connectivity index (χ0n) is 14.3. The average Bonchev–Trinajstić information content (AvgIpc) is 2.37. The number of hydrogen-bond acceptors (Lipinski definition) is 5. The Kier molecular flexibility index (Phi) is 4.71. The number of likely N-dealkylation sites (N-methyl/N-ethyl adjacent to an activating group) is 2. The van der Waals surface area contributed by atoms with Crippen molar-refractivity contribution in [1.82, 2.24) is 14.9 Å². The van der Waals surface area contributed by atoms with E-state index in [-0.39, 0.29) is 0 Å². The lowest BCUT2D eigenvalue weighted by Gasteiger charge is -2.49. The minimum Gasteiger partial charge on any atom is -0.370 e. The number of nitrogens with one attached hydrogen (secondary N) is 1. The highest BCUT2D eigenvalue weighted by Crippen LogP contribution is 2.37. The first kappa shape index (κ1) is 16.0. The fourth-order valence-electron chi connectivity index (χ4n) is 3.17. The fraction of sp³-hybridized carbons (Fsp3) is 0.750. The molecule has 21 heavy (non-hydrogen) atoms. The van der Waals surface area contributed by atoms with Crippen molar-refractivity contribution in [3.05, 3.63) is 11.4 Å². The molecule has 5 nitrogen and oxygen atoms in total. The number of anilines is 2. The molecule has 0 bridgehead atoms. The van der Waals surface area contributed by atoms with E-state index in [1.807, 2.05) is 6.92 Å². The molecule has 0 spiro atoms. The second-order valence-corrected chi connectivity index (χ2v) is 6.43. The molecule has 1 N–H and O–H groups in total. The largest absolute Gasteiger partial charge is 0.370 e. The molecule has 118 valence electrons. The molecule has 1 aromatic rings. The predicted molar refractivity (Wildman–Crippen MR) is 89.2 cm³/mol. The Balaban J connectivity index is 2.24. The summed E-state index contributed by atoms with van der Waals surface area (Å²) in [4.78, 5) is 13.9. The van der Waals surface area contributed by atoms with Crippen LogP contribution in [0.25, 0.3) is 0 Å². The highest BCUT2D eigenvalue weighted by atomic mass is 15.3. The number of nitrogens with zero attached hydrogens (tertiary/aromatic N) is 4. The Bertz CT molecular complexity index is 494. The second-order valence-electron chi connectivity index (χ2n) is 6.43. The van der Waals surface area contributed by atoms with E-state index in [0.29, 0.717) is 5.54 Å². The van der Waals surface area contributed by atoms with Gasteiger partial charge in [-0.15, -0.1) is 0 Å². The van der Waals surface area contributed by atoms with Gasteiger partial charge in [0.05, 0.1) is 0 Å². The molecule has 0 atom stereocenters. The molecule has 0 saturated heterocycles. The van der Waals surface area contributed by atoms with Crippen molar-refractivity contribution in [2.75, 3.05) is 44.4 Å². The topological polar surface area (TPSA) is 44.3 Å². The summed E-state index contributed by atoms with van der Waals surface area (Å²) in [5.41, 5.74) is 1.44. The van der Waals surface area contributed by atoms with E-state index in [9.17, 15) is 0 Å². The summed E-state index contributed by atoms with van der Waals surface area (Å²) >= 11 is 0. The first-order chi connectivity index (χ1) is 9.89. The van der Waals surface area contributed by atoms with E-state index < -0.39 is 0 Å². The summed E-state index contributed by atoms with van der Waals surface area (Å²) in [6.45, 7) is 8.05. The number of rotatable bonds is 6. The Labute approximate surface area is 128 Å². The zero-order valence-corrected chi connectivity index (χ0v) is 14.3. The highest BCUT2D eigenvalue weighted by molar-refractivity contribution is 5.58. The lowest BCUT2D eigenvalue weighted by Crippen LogP contribution is -2.57. The predicted octanol–water partition coefficient (Wildman–Crippen LogP) is 2.45. The van der Waals surface area contributed by atoms with Crippen LogP contribution in [0.1, 0.15) is 37.6 Å². The number of hydrogen-bond donors (Lipinski definition) is 1. The quantitative estimate of drug-likeness (QED) is 0.872. The molecular weight excluding hydrogens is 262 g/mol. The molecule has 1 aliphatic rings. The maximum Gasteiger partial charge on any atom is 0.137 e. The Morgan fingerprint density at radius 2 is 1.81 bits per heavy atom. The molecule has 0 aromatic carbocycles. The van der Waals surface area contributed by atoms with Crippen molar-refractivity contribution in [3.8, 4) is 0 Å². The monoisotopic (exact) mass is 291 g/mol. The van der Waals surface area contributed by atoms with E-state index >= 15 is 0 Å². The van der Waals surface area contributed by atoms with Crippen molar-refractivity contribution in [2.45, 2.75) is 45.6 Å². The average molecular weight is 291 g/mol. The third kappa shape index (κ3) is 3.12. The van der Waals surface area contributed by atoms with Crippen molar-refractivity contribution in [2.24, 2.45) is 0 Å². The number of aromatic nitrogens is 2. The van der Waals surface area contributed by atoms with E-state index in [2.05, 4.69) is 60.1 Å². The normalized spacial score (nSPS) is 16.7. The molecular formula is C16H29N5. The van der Waals surface area contributed by atoms with Crippen LogP contribution in [-0.2, 0) is 0 Å². The van der Waals surface area contributed by atoms with Crippen molar-refractivity contribution in [1.29, 1.82) is 0 Å². The lowest BCUT2D eigenvalue weighted by molar-refractivity contribution is 0.0681. The van der Waals surface area contributed by atoms with E-state index in [1.54, 1.807) is 0 Å². The van der Waals surface area contributed by atoms with Gasteiger partial charge in [0, 0.05) is 31.2 Å². The Hall–Kier alpha value is -1.36.